The SMILES string of the molecule is CCS(=O)(=O)N1CCC[C@@H](C(=O)Nc2ccc(N3CCCCC3)cc2)C1. The minimum absolute atomic E-state index is 0.0826. The van der Waals surface area contributed by atoms with Crippen LogP contribution in [-0.2, 0) is 14.8 Å². The smallest absolute Gasteiger partial charge is 0.228 e. The predicted octanol–water partition coefficient (Wildman–Crippen LogP) is 2.68. The van der Waals surface area contributed by atoms with E-state index in [1.165, 1.54) is 29.3 Å². The number of anilines is 2. The Morgan fingerprint density at radius 3 is 2.42 bits per heavy atom. The number of carbonyl (C=O) groups excluding carboxylic acids is 1. The van der Waals surface area contributed by atoms with Crippen molar-refractivity contribution in [3.63, 3.8) is 0 Å². The average molecular weight is 380 g/mol. The van der Waals surface area contributed by atoms with E-state index in [0.29, 0.717) is 6.54 Å². The highest BCUT2D eigenvalue weighted by Gasteiger charge is 2.31. The molecule has 1 atom stereocenters. The van der Waals surface area contributed by atoms with Crippen molar-refractivity contribution >= 4 is 27.3 Å². The van der Waals surface area contributed by atoms with Gasteiger partial charge in [0.25, 0.3) is 0 Å². The lowest BCUT2D eigenvalue weighted by Crippen LogP contribution is -2.44. The monoisotopic (exact) mass is 379 g/mol. The number of hydrogen-bond acceptors (Lipinski definition) is 4. The fraction of sp³-hybridized carbons (Fsp3) is 0.632. The van der Waals surface area contributed by atoms with Crippen LogP contribution in [0.5, 0.6) is 0 Å². The first kappa shape index (κ1) is 19.2. The molecule has 3 rings (SSSR count). The van der Waals surface area contributed by atoms with Gasteiger partial charge in [0.15, 0.2) is 0 Å². The van der Waals surface area contributed by atoms with Crippen molar-refractivity contribution in [3.8, 4) is 0 Å². The van der Waals surface area contributed by atoms with Gasteiger partial charge in [-0.2, -0.15) is 0 Å². The summed E-state index contributed by atoms with van der Waals surface area (Å²) in [5, 5.41) is 2.95. The molecule has 1 amide bonds. The van der Waals surface area contributed by atoms with Gasteiger partial charge in [-0.25, -0.2) is 12.7 Å². The van der Waals surface area contributed by atoms with Gasteiger partial charge in [-0.15, -0.1) is 0 Å². The molecule has 2 saturated heterocycles. The fourth-order valence-corrected chi connectivity index (χ4v) is 4.92. The van der Waals surface area contributed by atoms with Crippen molar-refractivity contribution in [2.75, 3.05) is 42.1 Å². The molecule has 0 spiro atoms. The van der Waals surface area contributed by atoms with Crippen molar-refractivity contribution in [2.45, 2.75) is 39.0 Å². The van der Waals surface area contributed by atoms with E-state index in [4.69, 9.17) is 0 Å². The molecule has 2 aliphatic heterocycles. The molecule has 1 aromatic rings. The first-order valence-electron chi connectivity index (χ1n) is 9.63. The van der Waals surface area contributed by atoms with E-state index in [1.807, 2.05) is 12.1 Å². The molecule has 1 N–H and O–H groups in total. The molecule has 144 valence electrons. The van der Waals surface area contributed by atoms with Crippen molar-refractivity contribution in [2.24, 2.45) is 5.92 Å². The molecule has 0 radical (unpaired) electrons. The predicted molar refractivity (Wildman–Crippen MR) is 105 cm³/mol. The second-order valence-electron chi connectivity index (χ2n) is 7.18. The number of nitrogens with one attached hydrogen (secondary N) is 1. The third-order valence-electron chi connectivity index (χ3n) is 5.37. The van der Waals surface area contributed by atoms with Gasteiger partial charge in [-0.1, -0.05) is 0 Å². The lowest BCUT2D eigenvalue weighted by Gasteiger charge is -2.31. The molecule has 26 heavy (non-hydrogen) atoms. The summed E-state index contributed by atoms with van der Waals surface area (Å²) in [6.45, 7) is 4.63. The number of carbonyl (C=O) groups is 1. The van der Waals surface area contributed by atoms with Crippen LogP contribution < -0.4 is 10.2 Å². The molecular formula is C19H29N3O3S. The quantitative estimate of drug-likeness (QED) is 0.854. The van der Waals surface area contributed by atoms with E-state index >= 15 is 0 Å². The first-order valence-corrected chi connectivity index (χ1v) is 11.2. The van der Waals surface area contributed by atoms with Gasteiger partial charge in [-0.05, 0) is 63.3 Å². The summed E-state index contributed by atoms with van der Waals surface area (Å²) in [4.78, 5) is 15.0. The standard InChI is InChI=1S/C19H29N3O3S/c1-2-26(24,25)22-14-6-7-16(15-22)19(23)20-17-8-10-18(11-9-17)21-12-4-3-5-13-21/h8-11,16H,2-7,12-15H2,1H3,(H,20,23)/t16-/m1/s1. The van der Waals surface area contributed by atoms with E-state index in [0.717, 1.165) is 31.6 Å². The zero-order chi connectivity index (χ0) is 18.6. The van der Waals surface area contributed by atoms with E-state index in [9.17, 15) is 13.2 Å². The summed E-state index contributed by atoms with van der Waals surface area (Å²) in [5.41, 5.74) is 1.96. The van der Waals surface area contributed by atoms with Crippen LogP contribution in [0.4, 0.5) is 11.4 Å². The lowest BCUT2D eigenvalue weighted by atomic mass is 9.98. The highest BCUT2D eigenvalue weighted by atomic mass is 32.2. The van der Waals surface area contributed by atoms with Crippen molar-refractivity contribution in [1.82, 2.24) is 4.31 Å². The van der Waals surface area contributed by atoms with E-state index in [2.05, 4.69) is 22.3 Å². The summed E-state index contributed by atoms with van der Waals surface area (Å²) in [7, 11) is -3.23. The van der Waals surface area contributed by atoms with Crippen LogP contribution in [0.3, 0.4) is 0 Å². The minimum Gasteiger partial charge on any atom is -0.372 e. The average Bonchev–Trinajstić information content (AvgIpc) is 2.69. The largest absolute Gasteiger partial charge is 0.372 e. The number of benzene rings is 1. The Balaban J connectivity index is 1.59. The van der Waals surface area contributed by atoms with Gasteiger partial charge < -0.3 is 10.2 Å². The minimum atomic E-state index is -3.23. The molecule has 0 unspecified atom stereocenters. The third-order valence-corrected chi connectivity index (χ3v) is 7.22. The molecule has 1 aromatic carbocycles. The summed E-state index contributed by atoms with van der Waals surface area (Å²) in [6, 6.07) is 7.97. The lowest BCUT2D eigenvalue weighted by molar-refractivity contribution is -0.120. The Hall–Kier alpha value is -1.60. The van der Waals surface area contributed by atoms with Gasteiger partial charge in [-0.3, -0.25) is 4.79 Å². The summed E-state index contributed by atoms with van der Waals surface area (Å²) < 4.78 is 25.6. The Kier molecular flexibility index (Phi) is 6.19. The molecule has 0 bridgehead atoms. The summed E-state index contributed by atoms with van der Waals surface area (Å²) in [6.07, 6.45) is 5.23. The van der Waals surface area contributed by atoms with Gasteiger partial charge in [0, 0.05) is 37.6 Å². The molecule has 0 aliphatic carbocycles. The fourth-order valence-electron chi connectivity index (χ4n) is 3.74. The van der Waals surface area contributed by atoms with Crippen LogP contribution in [0.1, 0.15) is 39.0 Å². The first-order chi connectivity index (χ1) is 12.5. The molecule has 7 heteroatoms. The maximum atomic E-state index is 12.6. The number of sulfonamides is 1. The van der Waals surface area contributed by atoms with Crippen LogP contribution in [0.2, 0.25) is 0 Å². The molecule has 6 nitrogen and oxygen atoms in total. The molecule has 2 aliphatic rings. The van der Waals surface area contributed by atoms with Crippen molar-refractivity contribution < 1.29 is 13.2 Å². The number of amides is 1. The van der Waals surface area contributed by atoms with Crippen LogP contribution in [0, 0.1) is 5.92 Å². The number of rotatable bonds is 5. The van der Waals surface area contributed by atoms with Crippen molar-refractivity contribution in [1.29, 1.82) is 0 Å². The normalized spacial score (nSPS) is 22.2. The molecule has 2 heterocycles. The van der Waals surface area contributed by atoms with Gasteiger partial charge in [0.1, 0.15) is 0 Å². The highest BCUT2D eigenvalue weighted by molar-refractivity contribution is 7.89. The maximum Gasteiger partial charge on any atom is 0.228 e. The zero-order valence-corrected chi connectivity index (χ0v) is 16.3. The van der Waals surface area contributed by atoms with Crippen LogP contribution in [0.15, 0.2) is 24.3 Å². The highest BCUT2D eigenvalue weighted by Crippen LogP contribution is 2.24. The topological polar surface area (TPSA) is 69.7 Å². The zero-order valence-electron chi connectivity index (χ0n) is 15.5. The summed E-state index contributed by atoms with van der Waals surface area (Å²) in [5.74, 6) is -0.294. The Bertz CT molecular complexity index is 712. The van der Waals surface area contributed by atoms with Crippen LogP contribution in [-0.4, -0.2) is 50.6 Å². The van der Waals surface area contributed by atoms with Crippen LogP contribution >= 0.6 is 0 Å². The van der Waals surface area contributed by atoms with E-state index < -0.39 is 10.0 Å². The second-order valence-corrected chi connectivity index (χ2v) is 9.44. The van der Waals surface area contributed by atoms with Crippen LogP contribution in [0.25, 0.3) is 0 Å². The molecular weight excluding hydrogens is 350 g/mol. The van der Waals surface area contributed by atoms with E-state index in [-0.39, 0.29) is 24.1 Å². The van der Waals surface area contributed by atoms with Gasteiger partial charge in [0.05, 0.1) is 11.7 Å². The van der Waals surface area contributed by atoms with Gasteiger partial charge in [0.2, 0.25) is 15.9 Å². The molecule has 0 saturated carbocycles. The molecule has 0 aromatic heterocycles. The maximum absolute atomic E-state index is 12.6. The third kappa shape index (κ3) is 4.57. The Labute approximate surface area is 156 Å². The Morgan fingerprint density at radius 1 is 1.08 bits per heavy atom. The number of nitrogens with zero attached hydrogens (tertiary/aromatic N) is 2. The Morgan fingerprint density at radius 2 is 1.77 bits per heavy atom. The van der Waals surface area contributed by atoms with Crippen molar-refractivity contribution in [3.05, 3.63) is 24.3 Å². The van der Waals surface area contributed by atoms with E-state index in [1.54, 1.807) is 6.92 Å². The summed E-state index contributed by atoms with van der Waals surface area (Å²) >= 11 is 0. The van der Waals surface area contributed by atoms with Gasteiger partial charge >= 0.3 is 0 Å². The second kappa shape index (κ2) is 8.39. The molecule has 2 fully saturated rings. The number of hydrogen-bond donors (Lipinski definition) is 1. The number of piperidine rings is 2.